The summed E-state index contributed by atoms with van der Waals surface area (Å²) in [6, 6.07) is 101. The molecule has 0 aliphatic heterocycles. The number of hydrogen-bond donors (Lipinski definition) is 8. The summed E-state index contributed by atoms with van der Waals surface area (Å²) in [6.45, 7) is 6.06. The van der Waals surface area contributed by atoms with Gasteiger partial charge in [0, 0.05) is 121 Å². The van der Waals surface area contributed by atoms with Crippen LogP contribution < -0.4 is 0 Å². The van der Waals surface area contributed by atoms with E-state index in [1.807, 2.05) is 255 Å². The third kappa shape index (κ3) is 59.8. The van der Waals surface area contributed by atoms with Crippen LogP contribution in [0.3, 0.4) is 0 Å². The van der Waals surface area contributed by atoms with Crippen LogP contribution in [-0.2, 0) is 171 Å². The fourth-order valence-electron chi connectivity index (χ4n) is 6.64. The predicted octanol–water partition coefficient (Wildman–Crippen LogP) is 15.0. The van der Waals surface area contributed by atoms with Crippen LogP contribution in [0.15, 0.2) is 315 Å². The van der Waals surface area contributed by atoms with Crippen molar-refractivity contribution in [3.8, 4) is 67.5 Å². The fourth-order valence-corrected chi connectivity index (χ4v) is 6.64. The fraction of sp³-hybridized carbons (Fsp3) is 0.0732. The summed E-state index contributed by atoms with van der Waals surface area (Å²) in [5.74, 6) is -4.96. The third-order valence-corrected chi connectivity index (χ3v) is 11.4. The van der Waals surface area contributed by atoms with Crippen LogP contribution in [0.25, 0.3) is 67.5 Å². The van der Waals surface area contributed by atoms with E-state index in [9.17, 15) is 14.4 Å². The van der Waals surface area contributed by atoms with E-state index < -0.39 is 36.9 Å². The number of carboxylic acids is 4. The van der Waals surface area contributed by atoms with Crippen molar-refractivity contribution < 1.29 is 186 Å². The molecule has 18 nitrogen and oxygen atoms in total. The smallest absolute Gasteiger partial charge is 0.789 e. The van der Waals surface area contributed by atoms with Gasteiger partial charge < -0.3 is 110 Å². The van der Waals surface area contributed by atoms with Crippen LogP contribution in [0.4, 0.5) is 0 Å². The first-order chi connectivity index (χ1) is 49.7. The van der Waals surface area contributed by atoms with E-state index in [0.717, 1.165) is 80.4 Å². The van der Waals surface area contributed by atoms with Crippen molar-refractivity contribution in [3.05, 3.63) is 365 Å². The van der Waals surface area contributed by atoms with Crippen molar-refractivity contribution in [2.75, 3.05) is 19.8 Å². The van der Waals surface area contributed by atoms with Crippen LogP contribution in [-0.4, -0.2) is 114 Å². The second-order valence-corrected chi connectivity index (χ2v) is 19.1. The number of unbranched alkanes of at least 4 members (excludes halogenated alkanes) is 1. The summed E-state index contributed by atoms with van der Waals surface area (Å²) in [7, 11) is 0. The minimum Gasteiger partial charge on any atom is -0.789 e. The Bertz CT molecular complexity index is 3200. The number of benzene rings is 6. The first kappa shape index (κ1) is 111. The second kappa shape index (κ2) is 78.4. The van der Waals surface area contributed by atoms with Crippen LogP contribution in [0.5, 0.6) is 0 Å². The molecule has 0 aliphatic carbocycles. The number of aromatic nitrogens is 6. The molecular weight excluding hydrogens is 2500 g/mol. The van der Waals surface area contributed by atoms with Gasteiger partial charge >= 0.3 is 66.0 Å². The van der Waals surface area contributed by atoms with E-state index in [2.05, 4.69) is 105 Å². The van der Waals surface area contributed by atoms with E-state index in [0.29, 0.717) is 12.3 Å². The van der Waals surface area contributed by atoms with Crippen molar-refractivity contribution >= 4 is 49.1 Å². The van der Waals surface area contributed by atoms with Gasteiger partial charge in [0.05, 0.1) is 25.6 Å². The molecule has 0 radical (unpaired) electrons. The van der Waals surface area contributed by atoms with Gasteiger partial charge in [-0.2, -0.15) is 0 Å². The molecule has 0 saturated carbocycles. The average molecular weight is 2570 g/mol. The van der Waals surface area contributed by atoms with E-state index in [-0.39, 0.29) is 140 Å². The normalized spacial score (nSPS) is 8.71. The van der Waals surface area contributed by atoms with E-state index >= 15 is 0 Å². The summed E-state index contributed by atoms with van der Waals surface area (Å²) in [4.78, 5) is 62.6. The van der Waals surface area contributed by atoms with Crippen molar-refractivity contribution in [1.29, 1.82) is 0 Å². The van der Waals surface area contributed by atoms with Crippen molar-refractivity contribution in [1.82, 2.24) is 29.9 Å². The molecule has 0 bridgehead atoms. The Balaban J connectivity index is -0.000000267. The Kier molecular flexibility index (Phi) is 80.4. The molecule has 12 aromatic rings. The molecule has 0 saturated heterocycles. The van der Waals surface area contributed by atoms with Crippen LogP contribution in [0, 0.1) is 50.2 Å². The molecule has 6 aromatic carbocycles. The maximum Gasteiger partial charge on any atom is 2.00 e. The largest absolute Gasteiger partial charge is 2.00 e. The summed E-state index contributed by atoms with van der Waals surface area (Å²) < 4.78 is 0. The summed E-state index contributed by atoms with van der Waals surface area (Å²) >= 11 is 8.54. The maximum absolute atomic E-state index is 9.43. The molecule has 0 atom stereocenters. The molecule has 0 unspecified atom stereocenters. The number of nitrogens with zero attached hydrogens (tertiary/aromatic N) is 6. The number of pyridine rings is 6. The number of hydrogen-bond acceptors (Lipinski definition) is 16. The van der Waals surface area contributed by atoms with E-state index in [1.54, 1.807) is 37.2 Å². The molecular formula is C82H76N6O12Pt6S2-6. The molecule has 6 aromatic heterocycles. The molecule has 584 valence electrons. The van der Waals surface area contributed by atoms with E-state index in [1.165, 1.54) is 10.8 Å². The number of aliphatic hydroxyl groups excluding tert-OH is 4. The summed E-state index contributed by atoms with van der Waals surface area (Å²) in [6.07, 6.45) is 13.0. The topological polar surface area (TPSA) is 307 Å². The number of carbonyl (C=O) groups is 4. The second-order valence-electron chi connectivity index (χ2n) is 18.5. The van der Waals surface area contributed by atoms with Crippen molar-refractivity contribution in [2.24, 2.45) is 0 Å². The quantitative estimate of drug-likeness (QED) is 0.0185. The Morgan fingerprint density at radius 3 is 0.593 bits per heavy atom. The van der Waals surface area contributed by atoms with Crippen LogP contribution >= 0.6 is 0 Å². The minimum absolute atomic E-state index is 0. The Labute approximate surface area is 730 Å². The van der Waals surface area contributed by atoms with Gasteiger partial charge in [0.15, 0.2) is 0 Å². The molecule has 12 rings (SSSR count). The third-order valence-electron chi connectivity index (χ3n) is 11.0. The zero-order chi connectivity index (χ0) is 74.7. The molecule has 0 aliphatic rings. The van der Waals surface area contributed by atoms with Crippen molar-refractivity contribution in [2.45, 2.75) is 19.3 Å². The van der Waals surface area contributed by atoms with Gasteiger partial charge in [-0.05, 0) is 70.6 Å². The molecule has 8 N–H and O–H groups in total. The van der Waals surface area contributed by atoms with Gasteiger partial charge in [0.25, 0.3) is 0 Å². The molecule has 108 heavy (non-hydrogen) atoms. The Morgan fingerprint density at radius 1 is 0.333 bits per heavy atom. The minimum atomic E-state index is -1.31. The van der Waals surface area contributed by atoms with Crippen molar-refractivity contribution in [3.63, 3.8) is 0 Å². The van der Waals surface area contributed by atoms with Gasteiger partial charge in [-0.15, -0.1) is 215 Å². The van der Waals surface area contributed by atoms with Gasteiger partial charge in [0.2, 0.25) is 0 Å². The maximum atomic E-state index is 9.43. The molecule has 0 fully saturated rings. The summed E-state index contributed by atoms with van der Waals surface area (Å²) in [5.41, 5.74) is 12.1. The number of rotatable bonds is 12. The molecule has 0 spiro atoms. The summed E-state index contributed by atoms with van der Waals surface area (Å²) in [5, 5.41) is 63.8. The number of carboxylic acid groups (broad SMARTS) is 4. The monoisotopic (exact) mass is 2570 g/mol. The standard InChI is InChI=1S/6C11H8N.C4H8.C3H4O4.C3H4O3.C2H4O3.C2H6O2.C2H4S2.6Pt/c6*1-2-6-10(7-3-1)11-8-4-5-9-12-11;1-3-4-2;4-2(5)1-3(6)7;4-2-1-3(5)6;3-1-2(4)5;2*3-1-2-4;;;;;;/h6*1-6,8-9H;1-4H2;1H2,(H,4,5)(H,6,7);1-2,4H,(H,5,6);3H,1H2,(H,4,5);3-4H,1-2H2;1-4H;;;;;;/q6*-1;-2;;;;;;;;;;2*+2/p-2. The SMILES string of the molecule is O=C(O)C=CO.O=C(O)CC(=O)O.O=C(O)CO.OCCO.[CH2-]CC[CH2-].[Pt+2].[Pt+2].[Pt].[Pt].[Pt].[Pt].[S-]C=C[S-].[c-]1ccccc1-c1ccccn1.[c-]1ccccc1-c1ccccn1.[c-]1ccccc1-c1ccccn1.[c-]1ccccc1-c1ccccn1.[c-]1ccccc1-c1ccccn1.[c-]1ccccc1-c1ccccn1. The van der Waals surface area contributed by atoms with Gasteiger partial charge in [-0.3, -0.25) is 9.59 Å². The van der Waals surface area contributed by atoms with Crippen LogP contribution in [0.1, 0.15) is 19.3 Å². The number of aliphatic hydroxyl groups is 4. The van der Waals surface area contributed by atoms with Gasteiger partial charge in [0.1, 0.15) is 13.0 Å². The van der Waals surface area contributed by atoms with Gasteiger partial charge in [-0.1, -0.05) is 72.8 Å². The molecule has 6 heterocycles. The molecule has 26 heteroatoms. The first-order valence-corrected chi connectivity index (χ1v) is 31.4. The van der Waals surface area contributed by atoms with Crippen LogP contribution in [0.2, 0.25) is 0 Å². The average Bonchev–Trinajstić information content (AvgIpc) is 0.932. The first-order valence-electron chi connectivity index (χ1n) is 30.5. The predicted molar refractivity (Wildman–Crippen MR) is 403 cm³/mol. The zero-order valence-corrected chi connectivity index (χ0v) is 72.6. The molecule has 0 amide bonds. The zero-order valence-electron chi connectivity index (χ0n) is 57.3. The van der Waals surface area contributed by atoms with E-state index in [4.69, 9.17) is 45.6 Å². The van der Waals surface area contributed by atoms with Gasteiger partial charge in [-0.25, -0.2) is 33.2 Å². The Hall–Kier alpha value is -8.17. The number of aliphatic carboxylic acids is 4. The Morgan fingerprint density at radius 2 is 0.519 bits per heavy atom.